The average molecular weight is 412 g/mol. The molecule has 0 unspecified atom stereocenters. The van der Waals surface area contributed by atoms with Crippen molar-refractivity contribution >= 4 is 36.5 Å². The molecule has 0 aliphatic carbocycles. The normalized spacial score (nSPS) is 18.7. The van der Waals surface area contributed by atoms with Crippen molar-refractivity contribution in [3.05, 3.63) is 36.2 Å². The first kappa shape index (κ1) is 19.7. The molecule has 2 aromatic rings. The van der Waals surface area contributed by atoms with E-state index in [4.69, 9.17) is 0 Å². The van der Waals surface area contributed by atoms with Gasteiger partial charge in [-0.05, 0) is 25.0 Å². The number of carbonyl (C=O) groups excluding carboxylic acids is 1. The van der Waals surface area contributed by atoms with Gasteiger partial charge in [0.15, 0.2) is 9.84 Å². The number of pyridine rings is 1. The average Bonchev–Trinajstić information content (AvgIpc) is 3.02. The van der Waals surface area contributed by atoms with Gasteiger partial charge in [0.25, 0.3) is 0 Å². The Labute approximate surface area is 158 Å². The number of nitrogens with one attached hydrogen (secondary N) is 1. The number of nitrogens with zero attached hydrogens (tertiary/aromatic N) is 2. The molecule has 0 radical (unpaired) electrons. The number of rotatable bonds is 5. The Balaban J connectivity index is 1.83. The smallest absolute Gasteiger partial charge is 0.243 e. The standard InChI is InChI=1S/C17H21N3O5S2/c1-12-8-18-9-13-4-3-5-15(17(12)13)27(24,25)20-7-6-14(10-20)19-16(21)11-26(2,22)23/h3-5,8-9,14H,6-7,10-11H2,1-2H3,(H,19,21)/t14-/m0/s1. The summed E-state index contributed by atoms with van der Waals surface area (Å²) in [4.78, 5) is 16.1. The molecule has 1 atom stereocenters. The minimum atomic E-state index is -3.76. The Hall–Kier alpha value is -2.04. The van der Waals surface area contributed by atoms with E-state index in [0.717, 1.165) is 17.2 Å². The van der Waals surface area contributed by atoms with Crippen LogP contribution in [-0.2, 0) is 24.7 Å². The van der Waals surface area contributed by atoms with E-state index in [0.29, 0.717) is 11.8 Å². The van der Waals surface area contributed by atoms with E-state index in [1.165, 1.54) is 4.31 Å². The van der Waals surface area contributed by atoms with Gasteiger partial charge < -0.3 is 5.32 Å². The zero-order valence-electron chi connectivity index (χ0n) is 15.0. The third kappa shape index (κ3) is 4.28. The van der Waals surface area contributed by atoms with Gasteiger partial charge in [-0.3, -0.25) is 9.78 Å². The fraction of sp³-hybridized carbons (Fsp3) is 0.412. The Kier molecular flexibility index (Phi) is 5.24. The fourth-order valence-electron chi connectivity index (χ4n) is 3.30. The van der Waals surface area contributed by atoms with Crippen LogP contribution < -0.4 is 5.32 Å². The number of hydrogen-bond acceptors (Lipinski definition) is 6. The quantitative estimate of drug-likeness (QED) is 0.765. The summed E-state index contributed by atoms with van der Waals surface area (Å²) in [5.74, 6) is -1.22. The molecule has 146 valence electrons. The number of carbonyl (C=O) groups is 1. The number of amides is 1. The van der Waals surface area contributed by atoms with Crippen molar-refractivity contribution in [3.8, 4) is 0 Å². The molecule has 3 rings (SSSR count). The van der Waals surface area contributed by atoms with Crippen molar-refractivity contribution in [1.82, 2.24) is 14.6 Å². The van der Waals surface area contributed by atoms with Gasteiger partial charge >= 0.3 is 0 Å². The molecule has 1 aromatic carbocycles. The molecular weight excluding hydrogens is 390 g/mol. The molecule has 1 aliphatic rings. The monoisotopic (exact) mass is 411 g/mol. The molecule has 0 saturated carbocycles. The van der Waals surface area contributed by atoms with Crippen LogP contribution in [0.3, 0.4) is 0 Å². The lowest BCUT2D eigenvalue weighted by Gasteiger charge is -2.19. The van der Waals surface area contributed by atoms with Crippen molar-refractivity contribution in [1.29, 1.82) is 0 Å². The van der Waals surface area contributed by atoms with Gasteiger partial charge in [0.2, 0.25) is 15.9 Å². The Morgan fingerprint density at radius 3 is 2.70 bits per heavy atom. The van der Waals surface area contributed by atoms with Crippen LogP contribution >= 0.6 is 0 Å². The second kappa shape index (κ2) is 7.17. The summed E-state index contributed by atoms with van der Waals surface area (Å²) in [7, 11) is -7.18. The van der Waals surface area contributed by atoms with Gasteiger partial charge in [-0.2, -0.15) is 4.31 Å². The maximum Gasteiger partial charge on any atom is 0.243 e. The highest BCUT2D eigenvalue weighted by molar-refractivity contribution is 7.91. The SMILES string of the molecule is Cc1cncc2cccc(S(=O)(=O)N3CC[C@H](NC(=O)CS(C)(=O)=O)C3)c12. The number of sulfone groups is 1. The molecule has 1 aliphatic heterocycles. The maximum atomic E-state index is 13.2. The Morgan fingerprint density at radius 1 is 1.26 bits per heavy atom. The minimum Gasteiger partial charge on any atom is -0.351 e. The van der Waals surface area contributed by atoms with E-state index in [2.05, 4.69) is 10.3 Å². The summed E-state index contributed by atoms with van der Waals surface area (Å²) >= 11 is 0. The van der Waals surface area contributed by atoms with Gasteiger partial charge in [0, 0.05) is 48.6 Å². The lowest BCUT2D eigenvalue weighted by atomic mass is 10.1. The molecule has 1 aromatic heterocycles. The number of hydrogen-bond donors (Lipinski definition) is 1. The van der Waals surface area contributed by atoms with Gasteiger partial charge in [0.05, 0.1) is 4.90 Å². The van der Waals surface area contributed by atoms with E-state index in [1.807, 2.05) is 13.0 Å². The molecule has 1 saturated heterocycles. The lowest BCUT2D eigenvalue weighted by Crippen LogP contribution is -2.40. The van der Waals surface area contributed by atoms with Crippen LogP contribution in [0, 0.1) is 6.92 Å². The Bertz CT molecular complexity index is 1090. The second-order valence-corrected chi connectivity index (χ2v) is 10.8. The van der Waals surface area contributed by atoms with Crippen LogP contribution in [-0.4, -0.2) is 63.2 Å². The number of benzene rings is 1. The molecule has 0 spiro atoms. The summed E-state index contributed by atoms with van der Waals surface area (Å²) in [5.41, 5.74) is 0.767. The van der Waals surface area contributed by atoms with Crippen LogP contribution in [0.2, 0.25) is 0 Å². The van der Waals surface area contributed by atoms with Crippen molar-refractivity contribution in [3.63, 3.8) is 0 Å². The lowest BCUT2D eigenvalue weighted by molar-refractivity contribution is -0.119. The maximum absolute atomic E-state index is 13.2. The molecule has 27 heavy (non-hydrogen) atoms. The summed E-state index contributed by atoms with van der Waals surface area (Å²) < 4.78 is 50.1. The van der Waals surface area contributed by atoms with Gasteiger partial charge in [-0.1, -0.05) is 12.1 Å². The molecule has 1 amide bonds. The molecule has 1 fully saturated rings. The summed E-state index contributed by atoms with van der Waals surface area (Å²) in [6.45, 7) is 2.18. The first-order valence-electron chi connectivity index (χ1n) is 8.38. The van der Waals surface area contributed by atoms with E-state index in [1.54, 1.807) is 24.5 Å². The molecular formula is C17H21N3O5S2. The number of sulfonamides is 1. The highest BCUT2D eigenvalue weighted by Crippen LogP contribution is 2.29. The molecule has 1 N–H and O–H groups in total. The third-order valence-corrected chi connectivity index (χ3v) is 7.16. The topological polar surface area (TPSA) is 114 Å². The first-order valence-corrected chi connectivity index (χ1v) is 11.9. The van der Waals surface area contributed by atoms with E-state index in [9.17, 15) is 21.6 Å². The number of fused-ring (bicyclic) bond motifs is 1. The van der Waals surface area contributed by atoms with E-state index >= 15 is 0 Å². The fourth-order valence-corrected chi connectivity index (χ4v) is 5.64. The van der Waals surface area contributed by atoms with E-state index in [-0.39, 0.29) is 18.0 Å². The van der Waals surface area contributed by atoms with Gasteiger partial charge in [-0.15, -0.1) is 0 Å². The van der Waals surface area contributed by atoms with Crippen LogP contribution in [0.1, 0.15) is 12.0 Å². The second-order valence-electron chi connectivity index (χ2n) is 6.80. The zero-order chi connectivity index (χ0) is 19.8. The summed E-state index contributed by atoms with van der Waals surface area (Å²) in [5, 5.41) is 3.98. The highest BCUT2D eigenvalue weighted by Gasteiger charge is 2.34. The molecule has 0 bridgehead atoms. The largest absolute Gasteiger partial charge is 0.351 e. The first-order chi connectivity index (χ1) is 12.6. The van der Waals surface area contributed by atoms with Crippen molar-refractivity contribution in [2.75, 3.05) is 25.1 Å². The van der Waals surface area contributed by atoms with Crippen LogP contribution in [0.25, 0.3) is 10.8 Å². The predicted octanol–water partition coefficient (Wildman–Crippen LogP) is 0.467. The Morgan fingerprint density at radius 2 is 2.00 bits per heavy atom. The molecule has 8 nitrogen and oxygen atoms in total. The van der Waals surface area contributed by atoms with Gasteiger partial charge in [0.1, 0.15) is 5.75 Å². The highest BCUT2D eigenvalue weighted by atomic mass is 32.2. The van der Waals surface area contributed by atoms with Crippen molar-refractivity contribution in [2.45, 2.75) is 24.3 Å². The molecule has 2 heterocycles. The van der Waals surface area contributed by atoms with Crippen LogP contribution in [0.5, 0.6) is 0 Å². The summed E-state index contributed by atoms with van der Waals surface area (Å²) in [6.07, 6.45) is 4.66. The zero-order valence-corrected chi connectivity index (χ0v) is 16.7. The number of aromatic nitrogens is 1. The van der Waals surface area contributed by atoms with Gasteiger partial charge in [-0.25, -0.2) is 16.8 Å². The van der Waals surface area contributed by atoms with Crippen molar-refractivity contribution in [2.24, 2.45) is 0 Å². The van der Waals surface area contributed by atoms with Crippen molar-refractivity contribution < 1.29 is 21.6 Å². The van der Waals surface area contributed by atoms with E-state index < -0.39 is 37.6 Å². The van der Waals surface area contributed by atoms with Crippen LogP contribution in [0.15, 0.2) is 35.5 Å². The third-order valence-electron chi connectivity index (χ3n) is 4.46. The van der Waals surface area contributed by atoms with Crippen LogP contribution in [0.4, 0.5) is 0 Å². The minimum absolute atomic E-state index is 0.109. The summed E-state index contributed by atoms with van der Waals surface area (Å²) in [6, 6.07) is 4.65. The predicted molar refractivity (Wildman–Crippen MR) is 101 cm³/mol. The molecule has 10 heteroatoms. The number of aryl methyl sites for hydroxylation is 1.